The van der Waals surface area contributed by atoms with Gasteiger partial charge in [0.1, 0.15) is 17.2 Å². The molecule has 0 radical (unpaired) electrons. The maximum Gasteiger partial charge on any atom is 0.277 e. The third kappa shape index (κ3) is 4.78. The Kier molecular flexibility index (Phi) is 5.94. The number of aromatic amines is 1. The van der Waals surface area contributed by atoms with Crippen molar-refractivity contribution in [2.24, 2.45) is 5.10 Å². The van der Waals surface area contributed by atoms with Crippen molar-refractivity contribution in [1.29, 1.82) is 0 Å². The second-order valence-electron chi connectivity index (χ2n) is 5.64. The summed E-state index contributed by atoms with van der Waals surface area (Å²) in [5.74, 6) is 1.75. The second kappa shape index (κ2) is 8.75. The zero-order valence-electron chi connectivity index (χ0n) is 15.2. The topological polar surface area (TPSA) is 84.9 Å². The Hall–Kier alpha value is -3.48. The molecular weight excluding hydrogens is 346 g/mol. The normalized spacial score (nSPS) is 10.9. The monoisotopic (exact) mass is 367 g/mol. The van der Waals surface area contributed by atoms with Crippen LogP contribution in [-0.4, -0.2) is 37.4 Å². The highest BCUT2D eigenvalue weighted by molar-refractivity contribution is 5.99. The van der Waals surface area contributed by atoms with Crippen molar-refractivity contribution in [3.05, 3.63) is 54.2 Å². The number of hydrogen-bond donors (Lipinski definition) is 2. The molecular formula is C20H21N3O4. The third-order valence-corrected chi connectivity index (χ3v) is 3.82. The molecule has 2 N–H and O–H groups in total. The SMILES string of the molecule is CCOc1ccc(OCC(=O)N/N=C\c2c[nH]c3ccc(OC)cc23)cc1. The molecule has 0 fully saturated rings. The van der Waals surface area contributed by atoms with E-state index in [1.807, 2.05) is 31.3 Å². The maximum absolute atomic E-state index is 11.9. The zero-order chi connectivity index (χ0) is 19.1. The number of ether oxygens (including phenoxy) is 3. The lowest BCUT2D eigenvalue weighted by molar-refractivity contribution is -0.123. The molecule has 0 unspecified atom stereocenters. The van der Waals surface area contributed by atoms with Crippen LogP contribution in [-0.2, 0) is 4.79 Å². The van der Waals surface area contributed by atoms with Gasteiger partial charge in [-0.15, -0.1) is 0 Å². The molecule has 2 aromatic carbocycles. The predicted octanol–water partition coefficient (Wildman–Crippen LogP) is 3.10. The van der Waals surface area contributed by atoms with Crippen LogP contribution in [0.5, 0.6) is 17.2 Å². The van der Waals surface area contributed by atoms with Gasteiger partial charge < -0.3 is 19.2 Å². The van der Waals surface area contributed by atoms with Crippen LogP contribution >= 0.6 is 0 Å². The molecule has 140 valence electrons. The summed E-state index contributed by atoms with van der Waals surface area (Å²) in [7, 11) is 1.62. The first-order valence-corrected chi connectivity index (χ1v) is 8.52. The van der Waals surface area contributed by atoms with Crippen molar-refractivity contribution in [2.45, 2.75) is 6.92 Å². The quantitative estimate of drug-likeness (QED) is 0.473. The Bertz CT molecular complexity index is 932. The first-order valence-electron chi connectivity index (χ1n) is 8.52. The van der Waals surface area contributed by atoms with E-state index in [1.54, 1.807) is 37.6 Å². The van der Waals surface area contributed by atoms with Crippen LogP contribution in [0.4, 0.5) is 0 Å². The van der Waals surface area contributed by atoms with Gasteiger partial charge in [-0.25, -0.2) is 5.43 Å². The number of aromatic nitrogens is 1. The standard InChI is InChI=1S/C20H21N3O4/c1-3-26-15-4-6-16(7-5-15)27-13-20(24)23-22-12-14-11-21-19-9-8-17(25-2)10-18(14)19/h4-12,21H,3,13H2,1-2H3,(H,23,24)/b22-12-. The van der Waals surface area contributed by atoms with Crippen molar-refractivity contribution in [3.63, 3.8) is 0 Å². The number of H-pyrrole nitrogens is 1. The maximum atomic E-state index is 11.9. The van der Waals surface area contributed by atoms with Gasteiger partial charge in [-0.3, -0.25) is 4.79 Å². The molecule has 0 bridgehead atoms. The van der Waals surface area contributed by atoms with Crippen LogP contribution in [0.1, 0.15) is 12.5 Å². The lowest BCUT2D eigenvalue weighted by Gasteiger charge is -2.06. The van der Waals surface area contributed by atoms with Gasteiger partial charge >= 0.3 is 0 Å². The molecule has 1 heterocycles. The summed E-state index contributed by atoms with van der Waals surface area (Å²) in [6.45, 7) is 2.39. The van der Waals surface area contributed by atoms with Gasteiger partial charge in [0.15, 0.2) is 6.61 Å². The van der Waals surface area contributed by atoms with E-state index >= 15 is 0 Å². The molecule has 0 saturated carbocycles. The fourth-order valence-electron chi connectivity index (χ4n) is 2.51. The fraction of sp³-hybridized carbons (Fsp3) is 0.200. The number of rotatable bonds is 8. The predicted molar refractivity (Wildman–Crippen MR) is 104 cm³/mol. The summed E-state index contributed by atoms with van der Waals surface area (Å²) >= 11 is 0. The largest absolute Gasteiger partial charge is 0.497 e. The van der Waals surface area contributed by atoms with Crippen molar-refractivity contribution in [2.75, 3.05) is 20.3 Å². The molecule has 7 nitrogen and oxygen atoms in total. The third-order valence-electron chi connectivity index (χ3n) is 3.82. The fourth-order valence-corrected chi connectivity index (χ4v) is 2.51. The molecule has 1 amide bonds. The first-order chi connectivity index (χ1) is 13.2. The summed E-state index contributed by atoms with van der Waals surface area (Å²) in [6, 6.07) is 12.8. The zero-order valence-corrected chi connectivity index (χ0v) is 15.2. The molecule has 0 atom stereocenters. The highest BCUT2D eigenvalue weighted by Crippen LogP contribution is 2.22. The van der Waals surface area contributed by atoms with Gasteiger partial charge in [0.25, 0.3) is 5.91 Å². The Morgan fingerprint density at radius 3 is 2.52 bits per heavy atom. The van der Waals surface area contributed by atoms with Gasteiger partial charge in [-0.1, -0.05) is 0 Å². The Labute approximate surface area is 156 Å². The molecule has 27 heavy (non-hydrogen) atoms. The smallest absolute Gasteiger partial charge is 0.277 e. The summed E-state index contributed by atoms with van der Waals surface area (Å²) in [5.41, 5.74) is 4.26. The molecule has 0 saturated heterocycles. The summed E-state index contributed by atoms with van der Waals surface area (Å²) < 4.78 is 16.0. The molecule has 1 aromatic heterocycles. The first kappa shape index (κ1) is 18.3. The van der Waals surface area contributed by atoms with Gasteiger partial charge in [-0.05, 0) is 49.4 Å². The summed E-state index contributed by atoms with van der Waals surface area (Å²) in [4.78, 5) is 15.0. The molecule has 0 aliphatic rings. The number of hydrogen-bond acceptors (Lipinski definition) is 5. The number of fused-ring (bicyclic) bond motifs is 1. The van der Waals surface area contributed by atoms with Crippen LogP contribution in [0.25, 0.3) is 10.9 Å². The minimum Gasteiger partial charge on any atom is -0.497 e. The highest BCUT2D eigenvalue weighted by atomic mass is 16.5. The van der Waals surface area contributed by atoms with E-state index in [0.717, 1.165) is 28.0 Å². The van der Waals surface area contributed by atoms with Crippen LogP contribution in [0, 0.1) is 0 Å². The van der Waals surface area contributed by atoms with Gasteiger partial charge in [-0.2, -0.15) is 5.10 Å². The average Bonchev–Trinajstić information content (AvgIpc) is 3.10. The van der Waals surface area contributed by atoms with E-state index in [4.69, 9.17) is 14.2 Å². The van der Waals surface area contributed by atoms with E-state index in [1.165, 1.54) is 0 Å². The minimum absolute atomic E-state index is 0.132. The molecule has 7 heteroatoms. The highest BCUT2D eigenvalue weighted by Gasteiger charge is 2.05. The number of methoxy groups -OCH3 is 1. The number of hydrazone groups is 1. The van der Waals surface area contributed by atoms with Gasteiger partial charge in [0, 0.05) is 22.7 Å². The molecule has 3 aromatic rings. The lowest BCUT2D eigenvalue weighted by atomic mass is 10.2. The van der Waals surface area contributed by atoms with E-state index < -0.39 is 0 Å². The summed E-state index contributed by atoms with van der Waals surface area (Å²) in [5, 5.41) is 4.94. The molecule has 0 aliphatic heterocycles. The van der Waals surface area contributed by atoms with Crippen LogP contribution < -0.4 is 19.6 Å². The van der Waals surface area contributed by atoms with Crippen LogP contribution in [0.15, 0.2) is 53.8 Å². The molecule has 3 rings (SSSR count). The Morgan fingerprint density at radius 2 is 1.81 bits per heavy atom. The van der Waals surface area contributed by atoms with Gasteiger partial charge in [0.05, 0.1) is 19.9 Å². The number of nitrogens with one attached hydrogen (secondary N) is 2. The Morgan fingerprint density at radius 1 is 1.11 bits per heavy atom. The van der Waals surface area contributed by atoms with Gasteiger partial charge in [0.2, 0.25) is 0 Å². The van der Waals surface area contributed by atoms with E-state index in [2.05, 4.69) is 15.5 Å². The number of amides is 1. The van der Waals surface area contributed by atoms with E-state index in [0.29, 0.717) is 12.4 Å². The lowest BCUT2D eigenvalue weighted by Crippen LogP contribution is -2.24. The van der Waals surface area contributed by atoms with E-state index in [9.17, 15) is 4.79 Å². The number of nitrogens with zero attached hydrogens (tertiary/aromatic N) is 1. The number of benzene rings is 2. The van der Waals surface area contributed by atoms with Crippen molar-refractivity contribution in [3.8, 4) is 17.2 Å². The second-order valence-corrected chi connectivity index (χ2v) is 5.64. The number of carbonyl (C=O) groups excluding carboxylic acids is 1. The van der Waals surface area contributed by atoms with Crippen LogP contribution in [0.2, 0.25) is 0 Å². The Balaban J connectivity index is 1.53. The van der Waals surface area contributed by atoms with Crippen molar-refractivity contribution >= 4 is 23.0 Å². The average molecular weight is 367 g/mol. The molecule has 0 aliphatic carbocycles. The minimum atomic E-state index is -0.349. The van der Waals surface area contributed by atoms with Crippen LogP contribution in [0.3, 0.4) is 0 Å². The number of carbonyl (C=O) groups is 1. The molecule has 0 spiro atoms. The van der Waals surface area contributed by atoms with E-state index in [-0.39, 0.29) is 12.5 Å². The summed E-state index contributed by atoms with van der Waals surface area (Å²) in [6.07, 6.45) is 3.39. The van der Waals surface area contributed by atoms with Crippen molar-refractivity contribution in [1.82, 2.24) is 10.4 Å². The van der Waals surface area contributed by atoms with Crippen molar-refractivity contribution < 1.29 is 19.0 Å².